The number of fused-ring (bicyclic) bond motifs is 1. The van der Waals surface area contributed by atoms with Gasteiger partial charge in [0.1, 0.15) is 11.0 Å². The molecule has 4 heteroatoms. The lowest BCUT2D eigenvalue weighted by Gasteiger charge is -1.89. The van der Waals surface area contributed by atoms with E-state index in [1.807, 2.05) is 54.6 Å². The van der Waals surface area contributed by atoms with Crippen LogP contribution in [0.4, 0.5) is 0 Å². The largest absolute Gasteiger partial charge is 0.140 e. The number of rotatable bonds is 2. The predicted octanol–water partition coefficient (Wildman–Crippen LogP) is 2.31. The molecule has 82 valence electrons. The predicted molar refractivity (Wildman–Crippen MR) is 67.0 cm³/mol. The van der Waals surface area contributed by atoms with Gasteiger partial charge in [-0.1, -0.05) is 47.4 Å². The molecule has 17 heavy (non-hydrogen) atoms. The summed E-state index contributed by atoms with van der Waals surface area (Å²) in [5.41, 5.74) is 2.71. The van der Waals surface area contributed by atoms with Crippen LogP contribution in [0.1, 0.15) is 5.56 Å². The minimum absolute atomic E-state index is 0.845. The SMILES string of the molecule is C(=N\n1nc2ccccc2n1)/c1ccccc1. The first-order chi connectivity index (χ1) is 8.42. The summed E-state index contributed by atoms with van der Waals surface area (Å²) >= 11 is 0. The molecule has 0 saturated heterocycles. The summed E-state index contributed by atoms with van der Waals surface area (Å²) < 4.78 is 0. The summed E-state index contributed by atoms with van der Waals surface area (Å²) in [6, 6.07) is 17.6. The smallest absolute Gasteiger partial charge is 0.115 e. The van der Waals surface area contributed by atoms with Gasteiger partial charge in [0.05, 0.1) is 6.21 Å². The van der Waals surface area contributed by atoms with Gasteiger partial charge in [0.25, 0.3) is 0 Å². The Hall–Kier alpha value is -2.49. The fourth-order valence-electron chi connectivity index (χ4n) is 1.56. The van der Waals surface area contributed by atoms with Crippen molar-refractivity contribution in [3.8, 4) is 0 Å². The number of hydrogen-bond acceptors (Lipinski definition) is 3. The van der Waals surface area contributed by atoms with Gasteiger partial charge in [-0.15, -0.1) is 15.3 Å². The van der Waals surface area contributed by atoms with Crippen LogP contribution in [0.2, 0.25) is 0 Å². The standard InChI is InChI=1S/C13H10N4/c1-2-6-11(7-3-1)10-14-17-15-12-8-4-5-9-13(12)16-17/h1-10H/b14-10+. The Bertz CT molecular complexity index is 622. The molecule has 2 aromatic carbocycles. The number of hydrogen-bond donors (Lipinski definition) is 0. The first-order valence-corrected chi connectivity index (χ1v) is 5.33. The first kappa shape index (κ1) is 9.72. The second-order valence-corrected chi connectivity index (χ2v) is 3.61. The van der Waals surface area contributed by atoms with Gasteiger partial charge in [-0.3, -0.25) is 0 Å². The van der Waals surface area contributed by atoms with E-state index >= 15 is 0 Å². The fraction of sp³-hybridized carbons (Fsp3) is 0. The topological polar surface area (TPSA) is 43.1 Å². The lowest BCUT2D eigenvalue weighted by Crippen LogP contribution is -1.94. The summed E-state index contributed by atoms with van der Waals surface area (Å²) in [6.45, 7) is 0. The maximum atomic E-state index is 4.24. The summed E-state index contributed by atoms with van der Waals surface area (Å²) in [7, 11) is 0. The van der Waals surface area contributed by atoms with E-state index in [1.165, 1.54) is 4.91 Å². The van der Waals surface area contributed by atoms with E-state index < -0.39 is 0 Å². The molecule has 0 unspecified atom stereocenters. The van der Waals surface area contributed by atoms with Gasteiger partial charge in [0.2, 0.25) is 0 Å². The molecule has 0 aliphatic heterocycles. The van der Waals surface area contributed by atoms with Crippen molar-refractivity contribution < 1.29 is 0 Å². The molecule has 0 bridgehead atoms. The Morgan fingerprint density at radius 2 is 1.41 bits per heavy atom. The number of benzene rings is 2. The zero-order valence-electron chi connectivity index (χ0n) is 9.06. The van der Waals surface area contributed by atoms with E-state index in [4.69, 9.17) is 0 Å². The van der Waals surface area contributed by atoms with E-state index in [-0.39, 0.29) is 0 Å². The van der Waals surface area contributed by atoms with Crippen LogP contribution in [0.5, 0.6) is 0 Å². The van der Waals surface area contributed by atoms with Crippen LogP contribution in [-0.2, 0) is 0 Å². The van der Waals surface area contributed by atoms with Crippen LogP contribution < -0.4 is 0 Å². The van der Waals surface area contributed by atoms with Crippen molar-refractivity contribution in [1.82, 2.24) is 15.1 Å². The van der Waals surface area contributed by atoms with Crippen molar-refractivity contribution in [2.75, 3.05) is 0 Å². The van der Waals surface area contributed by atoms with Gasteiger partial charge < -0.3 is 0 Å². The second-order valence-electron chi connectivity index (χ2n) is 3.61. The number of nitrogens with zero attached hydrogens (tertiary/aromatic N) is 4. The highest BCUT2D eigenvalue weighted by Gasteiger charge is 1.98. The molecule has 0 aliphatic carbocycles. The lowest BCUT2D eigenvalue weighted by atomic mass is 10.2. The fourth-order valence-corrected chi connectivity index (χ4v) is 1.56. The maximum Gasteiger partial charge on any atom is 0.115 e. The highest BCUT2D eigenvalue weighted by atomic mass is 15.6. The zero-order chi connectivity index (χ0) is 11.5. The van der Waals surface area contributed by atoms with Crippen LogP contribution in [0.25, 0.3) is 11.0 Å². The molecule has 0 N–H and O–H groups in total. The minimum atomic E-state index is 0.845. The van der Waals surface area contributed by atoms with E-state index in [0.29, 0.717) is 0 Å². The first-order valence-electron chi connectivity index (χ1n) is 5.33. The van der Waals surface area contributed by atoms with Crippen molar-refractivity contribution in [1.29, 1.82) is 0 Å². The van der Waals surface area contributed by atoms with Crippen molar-refractivity contribution in [2.45, 2.75) is 0 Å². The Labute approximate surface area is 98.2 Å². The monoisotopic (exact) mass is 222 g/mol. The molecule has 1 heterocycles. The van der Waals surface area contributed by atoms with Gasteiger partial charge in [0.15, 0.2) is 0 Å². The van der Waals surface area contributed by atoms with Gasteiger partial charge in [-0.2, -0.15) is 0 Å². The van der Waals surface area contributed by atoms with Gasteiger partial charge in [-0.05, 0) is 17.7 Å². The Balaban J connectivity index is 1.92. The second kappa shape index (κ2) is 4.17. The van der Waals surface area contributed by atoms with Gasteiger partial charge in [0, 0.05) is 0 Å². The number of aromatic nitrogens is 3. The molecular weight excluding hydrogens is 212 g/mol. The molecule has 0 saturated carbocycles. The zero-order valence-corrected chi connectivity index (χ0v) is 9.06. The van der Waals surface area contributed by atoms with Crippen LogP contribution in [0.3, 0.4) is 0 Å². The third kappa shape index (κ3) is 2.06. The third-order valence-corrected chi connectivity index (χ3v) is 2.39. The lowest BCUT2D eigenvalue weighted by molar-refractivity contribution is 0.646. The normalized spacial score (nSPS) is 11.3. The van der Waals surface area contributed by atoms with E-state index in [1.54, 1.807) is 6.21 Å². The van der Waals surface area contributed by atoms with Crippen LogP contribution in [-0.4, -0.2) is 21.3 Å². The Kier molecular flexibility index (Phi) is 2.38. The molecule has 0 amide bonds. The highest BCUT2D eigenvalue weighted by Crippen LogP contribution is 2.06. The van der Waals surface area contributed by atoms with Crippen LogP contribution >= 0.6 is 0 Å². The summed E-state index contributed by atoms with van der Waals surface area (Å²) in [5.74, 6) is 0. The molecule has 0 radical (unpaired) electrons. The molecule has 3 rings (SSSR count). The maximum absolute atomic E-state index is 4.24. The van der Waals surface area contributed by atoms with E-state index in [9.17, 15) is 0 Å². The molecule has 4 nitrogen and oxygen atoms in total. The van der Waals surface area contributed by atoms with Crippen molar-refractivity contribution in [2.24, 2.45) is 5.10 Å². The Morgan fingerprint density at radius 3 is 2.06 bits per heavy atom. The highest BCUT2D eigenvalue weighted by molar-refractivity contribution is 5.79. The summed E-state index contributed by atoms with van der Waals surface area (Å²) in [6.07, 6.45) is 1.74. The molecular formula is C13H10N4. The quantitative estimate of drug-likeness (QED) is 0.624. The molecule has 0 fully saturated rings. The average molecular weight is 222 g/mol. The van der Waals surface area contributed by atoms with Crippen molar-refractivity contribution in [3.05, 3.63) is 60.2 Å². The van der Waals surface area contributed by atoms with E-state index in [0.717, 1.165) is 16.6 Å². The summed E-state index contributed by atoms with van der Waals surface area (Å²) in [5, 5.41) is 12.7. The molecule has 0 aliphatic rings. The molecule has 3 aromatic rings. The molecule has 0 spiro atoms. The van der Waals surface area contributed by atoms with E-state index in [2.05, 4.69) is 15.3 Å². The van der Waals surface area contributed by atoms with Gasteiger partial charge >= 0.3 is 0 Å². The summed E-state index contributed by atoms with van der Waals surface area (Å²) in [4.78, 5) is 1.34. The molecule has 0 atom stereocenters. The van der Waals surface area contributed by atoms with Crippen LogP contribution in [0.15, 0.2) is 59.7 Å². The molecule has 1 aromatic heterocycles. The van der Waals surface area contributed by atoms with Crippen molar-refractivity contribution in [3.63, 3.8) is 0 Å². The van der Waals surface area contributed by atoms with Crippen molar-refractivity contribution >= 4 is 17.2 Å². The Morgan fingerprint density at radius 1 is 0.824 bits per heavy atom. The van der Waals surface area contributed by atoms with Gasteiger partial charge in [-0.25, -0.2) is 0 Å². The third-order valence-electron chi connectivity index (χ3n) is 2.39. The van der Waals surface area contributed by atoms with Crippen LogP contribution in [0, 0.1) is 0 Å². The average Bonchev–Trinajstić information content (AvgIpc) is 2.80. The minimum Gasteiger partial charge on any atom is -0.140 e.